The number of thiocarbonyl (C=S) groups is 1. The van der Waals surface area contributed by atoms with Crippen LogP contribution in [0.15, 0.2) is 42.5 Å². The number of hydrazine groups is 1. The smallest absolute Gasteiger partial charge is 0.423 e. The number of hydrogen-bond donors (Lipinski definition) is 2. The second-order valence-corrected chi connectivity index (χ2v) is 6.04. The SMILES string of the molecule is Cc1ccc(N2CN(NC(=O)O)C(=S)c3ccc(Cl)cc32)cc1. The Hall–Kier alpha value is -2.31. The zero-order valence-electron chi connectivity index (χ0n) is 12.3. The number of nitrogens with one attached hydrogen (secondary N) is 1. The highest BCUT2D eigenvalue weighted by Crippen LogP contribution is 2.35. The van der Waals surface area contributed by atoms with Crippen molar-refractivity contribution in [1.82, 2.24) is 10.4 Å². The van der Waals surface area contributed by atoms with E-state index in [1.807, 2.05) is 42.2 Å². The van der Waals surface area contributed by atoms with Crippen LogP contribution in [-0.2, 0) is 0 Å². The summed E-state index contributed by atoms with van der Waals surface area (Å²) in [5.41, 5.74) is 6.02. The molecule has 0 radical (unpaired) electrons. The average Bonchev–Trinajstić information content (AvgIpc) is 2.50. The first kappa shape index (κ1) is 15.6. The minimum Gasteiger partial charge on any atom is -0.464 e. The van der Waals surface area contributed by atoms with Crippen molar-refractivity contribution in [2.24, 2.45) is 0 Å². The first-order valence-corrected chi connectivity index (χ1v) is 7.69. The van der Waals surface area contributed by atoms with E-state index in [2.05, 4.69) is 5.43 Å². The summed E-state index contributed by atoms with van der Waals surface area (Å²) >= 11 is 11.5. The molecule has 2 N–H and O–H groups in total. The van der Waals surface area contributed by atoms with E-state index in [0.29, 0.717) is 10.0 Å². The third kappa shape index (κ3) is 3.09. The van der Waals surface area contributed by atoms with Gasteiger partial charge in [0, 0.05) is 16.3 Å². The van der Waals surface area contributed by atoms with E-state index in [4.69, 9.17) is 28.9 Å². The highest BCUT2D eigenvalue weighted by molar-refractivity contribution is 7.80. The van der Waals surface area contributed by atoms with Crippen molar-refractivity contribution in [3.8, 4) is 0 Å². The van der Waals surface area contributed by atoms with E-state index in [-0.39, 0.29) is 6.67 Å². The Kier molecular flexibility index (Phi) is 4.11. The topological polar surface area (TPSA) is 55.8 Å². The van der Waals surface area contributed by atoms with Gasteiger partial charge in [-0.25, -0.2) is 10.2 Å². The molecule has 0 saturated carbocycles. The summed E-state index contributed by atoms with van der Waals surface area (Å²) in [4.78, 5) is 13.4. The maximum Gasteiger partial charge on any atom is 0.423 e. The van der Waals surface area contributed by atoms with Gasteiger partial charge in [-0.05, 0) is 37.3 Å². The van der Waals surface area contributed by atoms with Crippen molar-refractivity contribution < 1.29 is 9.90 Å². The Labute approximate surface area is 144 Å². The lowest BCUT2D eigenvalue weighted by atomic mass is 10.1. The highest BCUT2D eigenvalue weighted by Gasteiger charge is 2.28. The van der Waals surface area contributed by atoms with E-state index in [0.717, 1.165) is 22.5 Å². The fourth-order valence-corrected chi connectivity index (χ4v) is 2.93. The van der Waals surface area contributed by atoms with Crippen LogP contribution < -0.4 is 10.3 Å². The van der Waals surface area contributed by atoms with Gasteiger partial charge in [0.25, 0.3) is 0 Å². The molecule has 2 aromatic carbocycles. The monoisotopic (exact) mass is 347 g/mol. The first-order valence-electron chi connectivity index (χ1n) is 6.91. The molecule has 0 saturated heterocycles. The fourth-order valence-electron chi connectivity index (χ4n) is 2.48. The molecule has 0 unspecified atom stereocenters. The summed E-state index contributed by atoms with van der Waals surface area (Å²) < 4.78 is 0. The summed E-state index contributed by atoms with van der Waals surface area (Å²) in [6.07, 6.45) is -1.16. The third-order valence-electron chi connectivity index (χ3n) is 3.59. The maximum atomic E-state index is 11.0. The molecule has 0 fully saturated rings. The Bertz CT molecular complexity index is 779. The van der Waals surface area contributed by atoms with Crippen LogP contribution in [0.5, 0.6) is 0 Å². The van der Waals surface area contributed by atoms with Crippen molar-refractivity contribution in [3.63, 3.8) is 0 Å². The second kappa shape index (κ2) is 6.06. The van der Waals surface area contributed by atoms with Gasteiger partial charge >= 0.3 is 6.09 Å². The highest BCUT2D eigenvalue weighted by atomic mass is 35.5. The van der Waals surface area contributed by atoms with Gasteiger partial charge in [0.05, 0.1) is 5.69 Å². The number of amides is 1. The van der Waals surface area contributed by atoms with E-state index in [9.17, 15) is 4.79 Å². The third-order valence-corrected chi connectivity index (χ3v) is 4.26. The minimum absolute atomic E-state index is 0.265. The molecule has 0 aromatic heterocycles. The summed E-state index contributed by atoms with van der Waals surface area (Å²) in [5, 5.41) is 11.0. The molecule has 0 aliphatic carbocycles. The molecule has 23 heavy (non-hydrogen) atoms. The standard InChI is InChI=1S/C16H14ClN3O2S/c1-10-2-5-12(6-3-10)19-9-20(18-16(21)22)15(23)13-7-4-11(17)8-14(13)19/h2-8,18H,9H2,1H3,(H,21,22). The summed E-state index contributed by atoms with van der Waals surface area (Å²) in [6.45, 7) is 2.28. The molecule has 118 valence electrons. The first-order chi connectivity index (χ1) is 11.0. The number of aryl methyl sites for hydroxylation is 1. The van der Waals surface area contributed by atoms with Crippen LogP contribution in [0, 0.1) is 6.92 Å². The van der Waals surface area contributed by atoms with Crippen LogP contribution in [0.4, 0.5) is 16.2 Å². The molecule has 3 rings (SSSR count). The molecule has 7 heteroatoms. The van der Waals surface area contributed by atoms with E-state index in [1.165, 1.54) is 5.01 Å². The quantitative estimate of drug-likeness (QED) is 0.806. The van der Waals surface area contributed by atoms with Crippen molar-refractivity contribution in [1.29, 1.82) is 0 Å². The lowest BCUT2D eigenvalue weighted by molar-refractivity contribution is 0.170. The molecule has 2 aromatic rings. The number of carbonyl (C=O) groups is 1. The van der Waals surface area contributed by atoms with Crippen LogP contribution in [0.25, 0.3) is 0 Å². The molecule has 5 nitrogen and oxygen atoms in total. The van der Waals surface area contributed by atoms with Gasteiger partial charge in [0.1, 0.15) is 11.7 Å². The Morgan fingerprint density at radius 2 is 1.96 bits per heavy atom. The number of hydrogen-bond acceptors (Lipinski definition) is 3. The average molecular weight is 348 g/mol. The molecule has 1 aliphatic heterocycles. The number of anilines is 2. The second-order valence-electron chi connectivity index (χ2n) is 5.22. The Morgan fingerprint density at radius 1 is 1.26 bits per heavy atom. The molecular weight excluding hydrogens is 334 g/mol. The van der Waals surface area contributed by atoms with Gasteiger partial charge in [-0.2, -0.15) is 0 Å². The lowest BCUT2D eigenvalue weighted by Crippen LogP contribution is -2.53. The van der Waals surface area contributed by atoms with E-state index >= 15 is 0 Å². The molecular formula is C16H14ClN3O2S. The van der Waals surface area contributed by atoms with Crippen LogP contribution in [0.2, 0.25) is 5.02 Å². The van der Waals surface area contributed by atoms with E-state index < -0.39 is 6.09 Å². The van der Waals surface area contributed by atoms with Gasteiger partial charge in [-0.15, -0.1) is 0 Å². The number of rotatable bonds is 2. The maximum absolute atomic E-state index is 11.0. The van der Waals surface area contributed by atoms with Crippen molar-refractivity contribution in [2.45, 2.75) is 6.92 Å². The Morgan fingerprint density at radius 3 is 2.61 bits per heavy atom. The number of halogens is 1. The van der Waals surface area contributed by atoms with Crippen molar-refractivity contribution >= 4 is 46.3 Å². The van der Waals surface area contributed by atoms with Crippen LogP contribution in [0.3, 0.4) is 0 Å². The lowest BCUT2D eigenvalue weighted by Gasteiger charge is -2.39. The molecule has 1 heterocycles. The van der Waals surface area contributed by atoms with Crippen LogP contribution in [-0.4, -0.2) is 27.9 Å². The summed E-state index contributed by atoms with van der Waals surface area (Å²) in [6, 6.07) is 13.3. The molecule has 1 aliphatic rings. The number of fused-ring (bicyclic) bond motifs is 1. The van der Waals surface area contributed by atoms with Crippen LogP contribution in [0.1, 0.15) is 11.1 Å². The number of nitrogens with zero attached hydrogens (tertiary/aromatic N) is 2. The van der Waals surface area contributed by atoms with Gasteiger partial charge in [0.15, 0.2) is 0 Å². The van der Waals surface area contributed by atoms with Crippen molar-refractivity contribution in [2.75, 3.05) is 11.6 Å². The molecule has 0 spiro atoms. The van der Waals surface area contributed by atoms with Crippen LogP contribution >= 0.6 is 23.8 Å². The van der Waals surface area contributed by atoms with Gasteiger partial charge < -0.3 is 10.0 Å². The minimum atomic E-state index is -1.16. The predicted octanol–water partition coefficient (Wildman–Crippen LogP) is 3.92. The van der Waals surface area contributed by atoms with Gasteiger partial charge in [-0.3, -0.25) is 5.01 Å². The zero-order valence-corrected chi connectivity index (χ0v) is 13.9. The molecule has 0 atom stereocenters. The Balaban J connectivity index is 2.08. The zero-order chi connectivity index (χ0) is 16.6. The van der Waals surface area contributed by atoms with Crippen molar-refractivity contribution in [3.05, 3.63) is 58.6 Å². The largest absolute Gasteiger partial charge is 0.464 e. The van der Waals surface area contributed by atoms with Gasteiger partial charge in [0.2, 0.25) is 0 Å². The predicted molar refractivity (Wildman–Crippen MR) is 94.3 cm³/mol. The molecule has 1 amide bonds. The molecule has 0 bridgehead atoms. The van der Waals surface area contributed by atoms with Gasteiger partial charge in [-0.1, -0.05) is 41.5 Å². The number of benzene rings is 2. The normalized spacial score (nSPS) is 13.7. The number of carboxylic acid groups (broad SMARTS) is 1. The van der Waals surface area contributed by atoms with E-state index in [1.54, 1.807) is 12.1 Å². The fraction of sp³-hybridized carbons (Fsp3) is 0.125. The summed E-state index contributed by atoms with van der Waals surface area (Å²) in [7, 11) is 0. The summed E-state index contributed by atoms with van der Waals surface area (Å²) in [5.74, 6) is 0.